The summed E-state index contributed by atoms with van der Waals surface area (Å²) >= 11 is 1.77. The minimum Gasteiger partial charge on any atom is -0.341 e. The lowest BCUT2D eigenvalue weighted by molar-refractivity contribution is 0.669. The van der Waals surface area contributed by atoms with Gasteiger partial charge in [0.1, 0.15) is 5.82 Å². The number of aryl methyl sites for hydroxylation is 1. The van der Waals surface area contributed by atoms with Gasteiger partial charge in [0.15, 0.2) is 0 Å². The number of hydrogen-bond donors (Lipinski definition) is 2. The van der Waals surface area contributed by atoms with Crippen molar-refractivity contribution in [1.29, 1.82) is 0 Å². The van der Waals surface area contributed by atoms with Gasteiger partial charge in [0.2, 0.25) is 0 Å². The van der Waals surface area contributed by atoms with Gasteiger partial charge >= 0.3 is 0 Å². The van der Waals surface area contributed by atoms with Crippen LogP contribution in [0, 0.1) is 6.92 Å². The minimum atomic E-state index is 0.781. The van der Waals surface area contributed by atoms with Crippen molar-refractivity contribution in [2.45, 2.75) is 32.2 Å². The highest BCUT2D eigenvalue weighted by Crippen LogP contribution is 2.27. The first-order valence-corrected chi connectivity index (χ1v) is 7.02. The van der Waals surface area contributed by atoms with Crippen molar-refractivity contribution in [2.24, 2.45) is 0 Å². The number of nitrogens with one attached hydrogen (secondary N) is 2. The molecule has 0 radical (unpaired) electrons. The molecule has 90 valence electrons. The van der Waals surface area contributed by atoms with E-state index in [-0.39, 0.29) is 0 Å². The maximum absolute atomic E-state index is 4.44. The molecule has 3 nitrogen and oxygen atoms in total. The van der Waals surface area contributed by atoms with Crippen molar-refractivity contribution in [3.8, 4) is 10.6 Å². The Morgan fingerprint density at radius 1 is 1.53 bits per heavy atom. The lowest BCUT2D eigenvalue weighted by Crippen LogP contribution is -2.19. The number of hydrogen-bond acceptors (Lipinski definition) is 3. The summed E-state index contributed by atoms with van der Waals surface area (Å²) in [5, 5.41) is 5.63. The molecular weight excluding hydrogens is 230 g/mol. The second-order valence-electron chi connectivity index (χ2n) is 4.65. The maximum Gasteiger partial charge on any atom is 0.107 e. The predicted octanol–water partition coefficient (Wildman–Crippen LogP) is 2.74. The van der Waals surface area contributed by atoms with Gasteiger partial charge in [0, 0.05) is 19.0 Å². The zero-order valence-corrected chi connectivity index (χ0v) is 10.8. The van der Waals surface area contributed by atoms with Crippen LogP contribution >= 0.6 is 11.3 Å². The Bertz CT molecular complexity index is 496. The van der Waals surface area contributed by atoms with Gasteiger partial charge in [0.05, 0.1) is 16.8 Å². The van der Waals surface area contributed by atoms with Crippen LogP contribution in [0.1, 0.15) is 24.2 Å². The van der Waals surface area contributed by atoms with Crippen LogP contribution in [0.5, 0.6) is 0 Å². The SMILES string of the molecule is Cc1ccsc1-c1cnc(CCNC2CC2)[nH]1. The highest BCUT2D eigenvalue weighted by atomic mass is 32.1. The first kappa shape index (κ1) is 11.0. The Labute approximate surface area is 105 Å². The van der Waals surface area contributed by atoms with Gasteiger partial charge in [0.25, 0.3) is 0 Å². The summed E-state index contributed by atoms with van der Waals surface area (Å²) in [5.41, 5.74) is 2.47. The summed E-state index contributed by atoms with van der Waals surface area (Å²) in [7, 11) is 0. The highest BCUT2D eigenvalue weighted by Gasteiger charge is 2.19. The topological polar surface area (TPSA) is 40.7 Å². The molecule has 2 aromatic rings. The highest BCUT2D eigenvalue weighted by molar-refractivity contribution is 7.13. The number of nitrogens with zero attached hydrogens (tertiary/aromatic N) is 1. The van der Waals surface area contributed by atoms with Crippen LogP contribution in [-0.4, -0.2) is 22.6 Å². The molecule has 2 N–H and O–H groups in total. The van der Waals surface area contributed by atoms with Gasteiger partial charge in [-0.25, -0.2) is 4.98 Å². The molecule has 0 atom stereocenters. The van der Waals surface area contributed by atoms with Crippen LogP contribution in [0.4, 0.5) is 0 Å². The number of thiophene rings is 1. The van der Waals surface area contributed by atoms with Crippen LogP contribution in [0.2, 0.25) is 0 Å². The van der Waals surface area contributed by atoms with Crippen molar-refractivity contribution in [1.82, 2.24) is 15.3 Å². The number of aromatic amines is 1. The molecule has 2 heterocycles. The van der Waals surface area contributed by atoms with Crippen molar-refractivity contribution in [3.63, 3.8) is 0 Å². The molecule has 1 saturated carbocycles. The van der Waals surface area contributed by atoms with E-state index in [0.717, 1.165) is 30.5 Å². The Hall–Kier alpha value is -1.13. The third-order valence-corrected chi connectivity index (χ3v) is 4.16. The summed E-state index contributed by atoms with van der Waals surface area (Å²) in [6.07, 6.45) is 5.63. The van der Waals surface area contributed by atoms with Crippen LogP contribution in [-0.2, 0) is 6.42 Å². The summed E-state index contributed by atoms with van der Waals surface area (Å²) in [6, 6.07) is 2.93. The van der Waals surface area contributed by atoms with Gasteiger partial charge in [-0.2, -0.15) is 0 Å². The molecule has 0 spiro atoms. The Morgan fingerprint density at radius 3 is 3.12 bits per heavy atom. The van der Waals surface area contributed by atoms with Crippen LogP contribution in [0.3, 0.4) is 0 Å². The number of rotatable bonds is 5. The molecule has 4 heteroatoms. The molecule has 2 aromatic heterocycles. The van der Waals surface area contributed by atoms with E-state index in [1.165, 1.54) is 23.3 Å². The van der Waals surface area contributed by atoms with Crippen molar-refractivity contribution in [2.75, 3.05) is 6.54 Å². The van der Waals surface area contributed by atoms with E-state index in [1.54, 1.807) is 11.3 Å². The van der Waals surface area contributed by atoms with Gasteiger partial charge in [-0.15, -0.1) is 11.3 Å². The van der Waals surface area contributed by atoms with E-state index in [1.807, 2.05) is 6.20 Å². The molecule has 1 aliphatic carbocycles. The van der Waals surface area contributed by atoms with Crippen LogP contribution < -0.4 is 5.32 Å². The normalized spacial score (nSPS) is 15.4. The zero-order chi connectivity index (χ0) is 11.7. The average Bonchev–Trinajstić information content (AvgIpc) is 2.85. The summed E-state index contributed by atoms with van der Waals surface area (Å²) in [6.45, 7) is 3.17. The first-order chi connectivity index (χ1) is 8.33. The maximum atomic E-state index is 4.44. The quantitative estimate of drug-likeness (QED) is 0.853. The second kappa shape index (κ2) is 4.63. The lowest BCUT2D eigenvalue weighted by Gasteiger charge is -1.99. The standard InChI is InChI=1S/C13H17N3S/c1-9-5-7-17-13(9)11-8-15-12(16-11)4-6-14-10-2-3-10/h5,7-8,10,14H,2-4,6H2,1H3,(H,15,16). The Balaban J connectivity index is 1.63. The molecular formula is C13H17N3S. The molecule has 1 fully saturated rings. The van der Waals surface area contributed by atoms with Crippen molar-refractivity contribution < 1.29 is 0 Å². The molecule has 17 heavy (non-hydrogen) atoms. The van der Waals surface area contributed by atoms with Gasteiger partial charge in [-0.05, 0) is 36.8 Å². The largest absolute Gasteiger partial charge is 0.341 e. The van der Waals surface area contributed by atoms with E-state index in [0.29, 0.717) is 0 Å². The fraction of sp³-hybridized carbons (Fsp3) is 0.462. The second-order valence-corrected chi connectivity index (χ2v) is 5.57. The molecule has 3 rings (SSSR count). The van der Waals surface area contributed by atoms with E-state index < -0.39 is 0 Å². The smallest absolute Gasteiger partial charge is 0.107 e. The van der Waals surface area contributed by atoms with Gasteiger partial charge < -0.3 is 10.3 Å². The molecule has 0 saturated heterocycles. The van der Waals surface area contributed by atoms with E-state index in [9.17, 15) is 0 Å². The monoisotopic (exact) mass is 247 g/mol. The number of aromatic nitrogens is 2. The summed E-state index contributed by atoms with van der Waals surface area (Å²) < 4.78 is 0. The van der Waals surface area contributed by atoms with Gasteiger partial charge in [-0.1, -0.05) is 0 Å². The van der Waals surface area contributed by atoms with Crippen LogP contribution in [0.15, 0.2) is 17.6 Å². The van der Waals surface area contributed by atoms with Crippen molar-refractivity contribution >= 4 is 11.3 Å². The third kappa shape index (κ3) is 2.58. The molecule has 1 aliphatic rings. The molecule has 0 amide bonds. The van der Waals surface area contributed by atoms with E-state index in [2.05, 4.69) is 33.7 Å². The number of H-pyrrole nitrogens is 1. The molecule has 0 aliphatic heterocycles. The summed E-state index contributed by atoms with van der Waals surface area (Å²) in [4.78, 5) is 9.16. The summed E-state index contributed by atoms with van der Waals surface area (Å²) in [5.74, 6) is 1.08. The average molecular weight is 247 g/mol. The fourth-order valence-electron chi connectivity index (χ4n) is 1.94. The minimum absolute atomic E-state index is 0.781. The number of imidazole rings is 1. The third-order valence-electron chi connectivity index (χ3n) is 3.11. The zero-order valence-electron chi connectivity index (χ0n) is 9.99. The Kier molecular flexibility index (Phi) is 2.99. The van der Waals surface area contributed by atoms with Crippen molar-refractivity contribution in [3.05, 3.63) is 29.0 Å². The fourth-order valence-corrected chi connectivity index (χ4v) is 2.83. The van der Waals surface area contributed by atoms with Crippen LogP contribution in [0.25, 0.3) is 10.6 Å². The molecule has 0 unspecified atom stereocenters. The predicted molar refractivity (Wildman–Crippen MR) is 71.4 cm³/mol. The van der Waals surface area contributed by atoms with E-state index in [4.69, 9.17) is 0 Å². The lowest BCUT2D eigenvalue weighted by atomic mass is 10.2. The first-order valence-electron chi connectivity index (χ1n) is 6.14. The Morgan fingerprint density at radius 2 is 2.41 bits per heavy atom. The molecule has 0 aromatic carbocycles. The van der Waals surface area contributed by atoms with Gasteiger partial charge in [-0.3, -0.25) is 0 Å². The molecule has 0 bridgehead atoms. The van der Waals surface area contributed by atoms with E-state index >= 15 is 0 Å².